The van der Waals surface area contributed by atoms with Gasteiger partial charge in [0, 0.05) is 17.6 Å². The van der Waals surface area contributed by atoms with E-state index in [1.165, 1.54) is 45.7 Å². The Hall–Kier alpha value is -3.85. The van der Waals surface area contributed by atoms with Gasteiger partial charge in [-0.05, 0) is 30.3 Å². The van der Waals surface area contributed by atoms with Gasteiger partial charge < -0.3 is 19.2 Å². The predicted molar refractivity (Wildman–Crippen MR) is 118 cm³/mol. The molecule has 0 amide bonds. The number of hydrogen-bond acceptors (Lipinski definition) is 7. The van der Waals surface area contributed by atoms with Crippen LogP contribution in [0.5, 0.6) is 17.2 Å². The summed E-state index contributed by atoms with van der Waals surface area (Å²) in [6, 6.07) is 14.3. The highest BCUT2D eigenvalue weighted by atomic mass is 32.2. The highest BCUT2D eigenvalue weighted by Crippen LogP contribution is 2.36. The summed E-state index contributed by atoms with van der Waals surface area (Å²) in [7, 11) is 0.503. The lowest BCUT2D eigenvalue weighted by molar-refractivity contribution is 0.103. The number of nitrogens with zero attached hydrogens (tertiary/aromatic N) is 1. The predicted octanol–water partition coefficient (Wildman–Crippen LogP) is 3.65. The maximum absolute atomic E-state index is 13.3. The molecule has 0 aliphatic rings. The number of rotatable bonds is 7. The minimum atomic E-state index is -3.89. The molecule has 32 heavy (non-hydrogen) atoms. The lowest BCUT2D eigenvalue weighted by Gasteiger charge is -2.13. The first-order valence-electron chi connectivity index (χ1n) is 9.53. The third kappa shape index (κ3) is 3.56. The molecule has 0 fully saturated rings. The molecule has 0 aliphatic heterocycles. The zero-order chi connectivity index (χ0) is 22.9. The summed E-state index contributed by atoms with van der Waals surface area (Å²) >= 11 is 0. The van der Waals surface area contributed by atoms with Gasteiger partial charge in [-0.25, -0.2) is 13.4 Å². The number of ketones is 1. The molecule has 1 N–H and O–H groups in total. The van der Waals surface area contributed by atoms with Crippen molar-refractivity contribution in [3.8, 4) is 17.2 Å². The standard InChI is InChI=1S/C23H20N2O6S/c1-29-18-13-20(31-3)19(30-2)12-16(18)22(26)17-11-14-9-10-24-23(21(14)25-17)32(27,28)15-7-5-4-6-8-15/h4-13,25H,1-3H3. The fourth-order valence-corrected chi connectivity index (χ4v) is 4.79. The molecule has 164 valence electrons. The maximum Gasteiger partial charge on any atom is 0.225 e. The van der Waals surface area contributed by atoms with Gasteiger partial charge in [-0.3, -0.25) is 4.79 Å². The van der Waals surface area contributed by atoms with Crippen LogP contribution in [0.1, 0.15) is 16.1 Å². The van der Waals surface area contributed by atoms with Gasteiger partial charge in [-0.15, -0.1) is 0 Å². The summed E-state index contributed by atoms with van der Waals surface area (Å²) in [4.78, 5) is 20.5. The van der Waals surface area contributed by atoms with Gasteiger partial charge in [-0.2, -0.15) is 0 Å². The average Bonchev–Trinajstić information content (AvgIpc) is 3.27. The molecule has 4 aromatic rings. The summed E-state index contributed by atoms with van der Waals surface area (Å²) < 4.78 is 42.2. The van der Waals surface area contributed by atoms with Crippen LogP contribution in [0.3, 0.4) is 0 Å². The number of nitrogens with one attached hydrogen (secondary N) is 1. The van der Waals surface area contributed by atoms with Gasteiger partial charge in [0.05, 0.1) is 43.0 Å². The van der Waals surface area contributed by atoms with E-state index in [1.807, 2.05) is 0 Å². The molecule has 0 unspecified atom stereocenters. The number of ether oxygens (including phenoxy) is 3. The first kappa shape index (κ1) is 21.4. The number of aromatic amines is 1. The van der Waals surface area contributed by atoms with E-state index in [9.17, 15) is 13.2 Å². The van der Waals surface area contributed by atoms with Crippen LogP contribution in [-0.4, -0.2) is 45.5 Å². The van der Waals surface area contributed by atoms with Gasteiger partial charge in [-0.1, -0.05) is 18.2 Å². The fraction of sp³-hybridized carbons (Fsp3) is 0.130. The van der Waals surface area contributed by atoms with Crippen LogP contribution in [-0.2, 0) is 9.84 Å². The average molecular weight is 452 g/mol. The van der Waals surface area contributed by atoms with E-state index in [4.69, 9.17) is 14.2 Å². The Morgan fingerprint density at radius 2 is 1.53 bits per heavy atom. The molecule has 0 saturated carbocycles. The van der Waals surface area contributed by atoms with Crippen molar-refractivity contribution in [2.45, 2.75) is 9.92 Å². The number of carbonyl (C=O) groups is 1. The molecule has 2 aromatic carbocycles. The summed E-state index contributed by atoms with van der Waals surface area (Å²) in [6.45, 7) is 0. The van der Waals surface area contributed by atoms with Gasteiger partial charge in [0.15, 0.2) is 16.5 Å². The van der Waals surface area contributed by atoms with Crippen molar-refractivity contribution in [1.29, 1.82) is 0 Å². The van der Waals surface area contributed by atoms with Crippen molar-refractivity contribution in [3.63, 3.8) is 0 Å². The molecule has 0 bridgehead atoms. The Kier molecular flexibility index (Phi) is 5.58. The summed E-state index contributed by atoms with van der Waals surface area (Å²) in [6.07, 6.45) is 1.40. The number of aromatic nitrogens is 2. The first-order valence-corrected chi connectivity index (χ1v) is 11.0. The molecular formula is C23H20N2O6S. The van der Waals surface area contributed by atoms with Crippen molar-refractivity contribution in [2.75, 3.05) is 21.3 Å². The van der Waals surface area contributed by atoms with Gasteiger partial charge in [0.25, 0.3) is 0 Å². The number of benzene rings is 2. The first-order chi connectivity index (χ1) is 15.4. The Morgan fingerprint density at radius 3 is 2.19 bits per heavy atom. The van der Waals surface area contributed by atoms with Gasteiger partial charge in [0.2, 0.25) is 15.6 Å². The summed E-state index contributed by atoms with van der Waals surface area (Å²) in [5.41, 5.74) is 0.666. The van der Waals surface area contributed by atoms with Crippen LogP contribution in [0, 0.1) is 0 Å². The summed E-state index contributed by atoms with van der Waals surface area (Å²) in [5, 5.41) is 0.386. The smallest absolute Gasteiger partial charge is 0.225 e. The molecule has 9 heteroatoms. The van der Waals surface area contributed by atoms with Crippen LogP contribution in [0.2, 0.25) is 0 Å². The molecule has 2 heterocycles. The van der Waals surface area contributed by atoms with Gasteiger partial charge in [0.1, 0.15) is 5.75 Å². The van der Waals surface area contributed by atoms with E-state index < -0.39 is 15.6 Å². The Labute approximate surface area is 184 Å². The monoisotopic (exact) mass is 452 g/mol. The highest BCUT2D eigenvalue weighted by Gasteiger charge is 2.25. The third-order valence-corrected chi connectivity index (χ3v) is 6.72. The van der Waals surface area contributed by atoms with Crippen molar-refractivity contribution in [3.05, 3.63) is 72.1 Å². The molecule has 8 nitrogen and oxygen atoms in total. The van der Waals surface area contributed by atoms with E-state index in [0.29, 0.717) is 22.6 Å². The Morgan fingerprint density at radius 1 is 0.875 bits per heavy atom. The zero-order valence-corrected chi connectivity index (χ0v) is 18.4. The lowest BCUT2D eigenvalue weighted by Crippen LogP contribution is -2.07. The molecule has 4 rings (SSSR count). The second kappa shape index (κ2) is 8.35. The van der Waals surface area contributed by atoms with Crippen molar-refractivity contribution in [2.24, 2.45) is 0 Å². The minimum absolute atomic E-state index is 0.115. The quantitative estimate of drug-likeness (QED) is 0.427. The van der Waals surface area contributed by atoms with E-state index >= 15 is 0 Å². The topological polar surface area (TPSA) is 108 Å². The number of fused-ring (bicyclic) bond motifs is 1. The van der Waals surface area contributed by atoms with Crippen LogP contribution in [0.15, 0.2) is 70.7 Å². The van der Waals surface area contributed by atoms with Crippen LogP contribution in [0.4, 0.5) is 0 Å². The molecule has 0 atom stereocenters. The van der Waals surface area contributed by atoms with Gasteiger partial charge >= 0.3 is 0 Å². The molecular weight excluding hydrogens is 432 g/mol. The normalized spacial score (nSPS) is 11.3. The molecule has 2 aromatic heterocycles. The number of carbonyl (C=O) groups excluding carboxylic acids is 1. The molecule has 0 radical (unpaired) electrons. The zero-order valence-electron chi connectivity index (χ0n) is 17.6. The summed E-state index contributed by atoms with van der Waals surface area (Å²) in [5.74, 6) is 0.670. The number of sulfone groups is 1. The number of hydrogen-bond donors (Lipinski definition) is 1. The molecule has 0 aliphatic carbocycles. The third-order valence-electron chi connectivity index (χ3n) is 5.01. The molecule has 0 spiro atoms. The SMILES string of the molecule is COc1cc(OC)c(C(=O)c2cc3ccnc(S(=O)(=O)c4ccccc4)c3[nH]2)cc1OC. The maximum atomic E-state index is 13.3. The lowest BCUT2D eigenvalue weighted by atomic mass is 10.1. The Bertz CT molecular complexity index is 1410. The highest BCUT2D eigenvalue weighted by molar-refractivity contribution is 7.91. The van der Waals surface area contributed by atoms with Crippen molar-refractivity contribution < 1.29 is 27.4 Å². The second-order valence-electron chi connectivity index (χ2n) is 6.82. The Balaban J connectivity index is 1.85. The van der Waals surface area contributed by atoms with Crippen LogP contribution in [0.25, 0.3) is 10.9 Å². The van der Waals surface area contributed by atoms with Crippen LogP contribution >= 0.6 is 0 Å². The van der Waals surface area contributed by atoms with E-state index in [1.54, 1.807) is 36.4 Å². The second-order valence-corrected chi connectivity index (χ2v) is 8.68. The van der Waals surface area contributed by atoms with E-state index in [-0.39, 0.29) is 26.7 Å². The van der Waals surface area contributed by atoms with E-state index in [0.717, 1.165) is 0 Å². The number of H-pyrrole nitrogens is 1. The largest absolute Gasteiger partial charge is 0.496 e. The fourth-order valence-electron chi connectivity index (χ4n) is 3.42. The van der Waals surface area contributed by atoms with Crippen LogP contribution < -0.4 is 14.2 Å². The minimum Gasteiger partial charge on any atom is -0.496 e. The van der Waals surface area contributed by atoms with E-state index in [2.05, 4.69) is 9.97 Å². The number of methoxy groups -OCH3 is 3. The van der Waals surface area contributed by atoms with Crippen molar-refractivity contribution in [1.82, 2.24) is 9.97 Å². The molecule has 0 saturated heterocycles. The number of pyridine rings is 1. The van der Waals surface area contributed by atoms with Crippen molar-refractivity contribution >= 4 is 26.5 Å².